The molecule has 0 amide bonds. The molecule has 0 N–H and O–H groups in total. The Hall–Kier alpha value is -5.63. The van der Waals surface area contributed by atoms with Crippen LogP contribution in [0.25, 0.3) is 50.1 Å². The van der Waals surface area contributed by atoms with Crippen LogP contribution in [0.2, 0.25) is 0 Å². The predicted molar refractivity (Wildman–Crippen MR) is 234 cm³/mol. The Morgan fingerprint density at radius 3 is 1.35 bits per heavy atom. The maximum absolute atomic E-state index is 2.44. The molecule has 0 unspecified atom stereocenters. The van der Waals surface area contributed by atoms with Crippen LogP contribution in [-0.4, -0.2) is 0 Å². The highest BCUT2D eigenvalue weighted by Crippen LogP contribution is 2.80. The van der Waals surface area contributed by atoms with Crippen molar-refractivity contribution in [3.8, 4) is 44.5 Å². The molecule has 2 aliphatic carbocycles. The van der Waals surface area contributed by atoms with E-state index >= 15 is 0 Å². The van der Waals surface area contributed by atoms with Crippen LogP contribution in [0.4, 0.5) is 0 Å². The zero-order valence-corrected chi connectivity index (χ0v) is 33.4. The highest BCUT2D eigenvalue weighted by Gasteiger charge is 2.42. The van der Waals surface area contributed by atoms with Crippen molar-refractivity contribution in [3.63, 3.8) is 0 Å². The van der Waals surface area contributed by atoms with E-state index in [1.807, 2.05) is 0 Å². The fourth-order valence-corrected chi connectivity index (χ4v) is 14.4. The first kappa shape index (κ1) is 33.9. The standard InChI is InChI=1S/C54H46S/c1-7-41-43-31-25-37(33-49(43)53(3,4)47(41)8-2)35-21-27-39(28-22-35)55(51-19-13-10-16-45(51)46-17-11-14-20-52(46)55)40-29-23-36(24-30-40)38-26-32-44-42-15-9-12-18-48(42)54(5,6)50(44)34-38/h7-34H,1-6H3/b41-7-,47-8+. The van der Waals surface area contributed by atoms with Gasteiger partial charge in [-0.2, -0.15) is 0 Å². The molecular weight excluding hydrogens is 681 g/mol. The van der Waals surface area contributed by atoms with Gasteiger partial charge in [0.25, 0.3) is 0 Å². The van der Waals surface area contributed by atoms with Gasteiger partial charge in [0.1, 0.15) is 0 Å². The minimum atomic E-state index is -1.76. The van der Waals surface area contributed by atoms with Gasteiger partial charge in [0, 0.05) is 30.4 Å². The minimum Gasteiger partial charge on any atom is -0.132 e. The van der Waals surface area contributed by atoms with Crippen molar-refractivity contribution in [1.82, 2.24) is 0 Å². The van der Waals surface area contributed by atoms with E-state index in [4.69, 9.17) is 0 Å². The van der Waals surface area contributed by atoms with Crippen molar-refractivity contribution in [2.75, 3.05) is 0 Å². The number of benzene rings is 7. The SMILES string of the molecule is C/C=C1\C(=C/C)c2ccc(-c3ccc(S4(c5ccc(-c6ccc7c(c6)C(C)(C)c6ccccc6-7)cc5)c5ccccc5-c5ccccc54)cc3)cc2C1(C)C. The van der Waals surface area contributed by atoms with E-state index in [2.05, 4.69) is 211 Å². The van der Waals surface area contributed by atoms with Gasteiger partial charge in [-0.25, -0.2) is 0 Å². The van der Waals surface area contributed by atoms with Gasteiger partial charge in [-0.05, 0) is 140 Å². The Bertz CT molecular complexity index is 2710. The largest absolute Gasteiger partial charge is 0.132 e. The summed E-state index contributed by atoms with van der Waals surface area (Å²) in [7, 11) is -1.76. The van der Waals surface area contributed by atoms with E-state index in [1.54, 1.807) is 0 Å². The average Bonchev–Trinajstić information content (AvgIpc) is 3.75. The molecule has 0 bridgehead atoms. The third-order valence-corrected chi connectivity index (χ3v) is 16.9. The Balaban J connectivity index is 1.09. The first-order chi connectivity index (χ1) is 26.7. The summed E-state index contributed by atoms with van der Waals surface area (Å²) in [4.78, 5) is 5.58. The Morgan fingerprint density at radius 2 is 0.818 bits per heavy atom. The molecule has 3 aliphatic rings. The van der Waals surface area contributed by atoms with Crippen molar-refractivity contribution in [2.45, 2.75) is 72.0 Å². The molecule has 1 heterocycles. The zero-order chi connectivity index (χ0) is 37.7. The lowest BCUT2D eigenvalue weighted by Gasteiger charge is -2.39. The molecule has 7 aromatic carbocycles. The molecule has 0 spiro atoms. The first-order valence-electron chi connectivity index (χ1n) is 19.6. The second-order valence-electron chi connectivity index (χ2n) is 16.4. The van der Waals surface area contributed by atoms with Crippen LogP contribution in [0.1, 0.15) is 63.8 Å². The molecule has 268 valence electrons. The van der Waals surface area contributed by atoms with E-state index < -0.39 is 10.0 Å². The van der Waals surface area contributed by atoms with Gasteiger partial charge in [-0.3, -0.25) is 0 Å². The molecule has 1 heteroatoms. The maximum atomic E-state index is 2.44. The summed E-state index contributed by atoms with van der Waals surface area (Å²) in [6.45, 7) is 13.8. The quantitative estimate of drug-likeness (QED) is 0.169. The van der Waals surface area contributed by atoms with Crippen LogP contribution < -0.4 is 0 Å². The van der Waals surface area contributed by atoms with Gasteiger partial charge in [0.2, 0.25) is 0 Å². The molecule has 1 aliphatic heterocycles. The summed E-state index contributed by atoms with van der Waals surface area (Å²) < 4.78 is 0. The number of hydrogen-bond acceptors (Lipinski definition) is 0. The van der Waals surface area contributed by atoms with E-state index in [1.165, 1.54) is 97.5 Å². The lowest BCUT2D eigenvalue weighted by molar-refractivity contribution is 0.660. The van der Waals surface area contributed by atoms with Crippen LogP contribution in [0.3, 0.4) is 0 Å². The van der Waals surface area contributed by atoms with Gasteiger partial charge >= 0.3 is 0 Å². The van der Waals surface area contributed by atoms with Gasteiger partial charge in [-0.15, -0.1) is 10.0 Å². The molecular formula is C54H46S. The molecule has 0 aromatic heterocycles. The lowest BCUT2D eigenvalue weighted by atomic mass is 9.81. The molecule has 0 saturated carbocycles. The van der Waals surface area contributed by atoms with Crippen molar-refractivity contribution in [1.29, 1.82) is 0 Å². The van der Waals surface area contributed by atoms with E-state index in [0.717, 1.165) is 0 Å². The van der Waals surface area contributed by atoms with E-state index in [0.29, 0.717) is 0 Å². The summed E-state index contributed by atoms with van der Waals surface area (Å²) in [5, 5.41) is 0. The number of hydrogen-bond donors (Lipinski definition) is 0. The topological polar surface area (TPSA) is 0 Å². The summed E-state index contributed by atoms with van der Waals surface area (Å²) in [5.74, 6) is 0. The second kappa shape index (κ2) is 12.2. The first-order valence-corrected chi connectivity index (χ1v) is 21.3. The van der Waals surface area contributed by atoms with E-state index in [9.17, 15) is 0 Å². The molecule has 10 rings (SSSR count). The third-order valence-electron chi connectivity index (χ3n) is 12.9. The van der Waals surface area contributed by atoms with Gasteiger partial charge in [0.15, 0.2) is 0 Å². The molecule has 0 nitrogen and oxygen atoms in total. The van der Waals surface area contributed by atoms with Crippen LogP contribution >= 0.6 is 10.0 Å². The minimum absolute atomic E-state index is 0.0273. The normalized spacial score (nSPS) is 18.4. The number of rotatable bonds is 4. The number of allylic oxidation sites excluding steroid dienone is 4. The molecule has 0 saturated heterocycles. The predicted octanol–water partition coefficient (Wildman–Crippen LogP) is 15.3. The van der Waals surface area contributed by atoms with Crippen molar-refractivity contribution >= 4 is 15.6 Å². The van der Waals surface area contributed by atoms with Crippen LogP contribution in [0.15, 0.2) is 195 Å². The summed E-state index contributed by atoms with van der Waals surface area (Å²) in [5.41, 5.74) is 18.8. The van der Waals surface area contributed by atoms with Gasteiger partial charge in [0.05, 0.1) is 0 Å². The van der Waals surface area contributed by atoms with Gasteiger partial charge < -0.3 is 0 Å². The fraction of sp³-hybridized carbons (Fsp3) is 0.148. The van der Waals surface area contributed by atoms with E-state index in [-0.39, 0.29) is 10.8 Å². The monoisotopic (exact) mass is 726 g/mol. The van der Waals surface area contributed by atoms with Crippen molar-refractivity contribution in [2.24, 2.45) is 0 Å². The van der Waals surface area contributed by atoms with Crippen molar-refractivity contribution in [3.05, 3.63) is 198 Å². The highest BCUT2D eigenvalue weighted by molar-refractivity contribution is 8.34. The molecule has 7 aromatic rings. The Kier molecular flexibility index (Phi) is 7.51. The smallest absolute Gasteiger partial charge is 0.0159 e. The third kappa shape index (κ3) is 4.66. The van der Waals surface area contributed by atoms with Crippen LogP contribution in [0, 0.1) is 0 Å². The fourth-order valence-electron chi connectivity index (χ4n) is 10.2. The van der Waals surface area contributed by atoms with Crippen LogP contribution in [-0.2, 0) is 10.8 Å². The summed E-state index contributed by atoms with van der Waals surface area (Å²) in [6, 6.07) is 60.5. The lowest BCUT2D eigenvalue weighted by Crippen LogP contribution is -2.15. The maximum Gasteiger partial charge on any atom is 0.0159 e. The number of fused-ring (bicyclic) bond motifs is 7. The molecule has 0 radical (unpaired) electrons. The highest BCUT2D eigenvalue weighted by atomic mass is 32.3. The van der Waals surface area contributed by atoms with Crippen molar-refractivity contribution < 1.29 is 0 Å². The Morgan fingerprint density at radius 1 is 0.382 bits per heavy atom. The Labute approximate surface area is 328 Å². The second-order valence-corrected chi connectivity index (χ2v) is 19.4. The molecule has 0 fully saturated rings. The average molecular weight is 727 g/mol. The molecule has 55 heavy (non-hydrogen) atoms. The van der Waals surface area contributed by atoms with Crippen LogP contribution in [0.5, 0.6) is 0 Å². The summed E-state index contributed by atoms with van der Waals surface area (Å²) >= 11 is 0. The van der Waals surface area contributed by atoms with Gasteiger partial charge in [-0.1, -0.05) is 149 Å². The summed E-state index contributed by atoms with van der Waals surface area (Å²) in [6.07, 6.45) is 4.57. The zero-order valence-electron chi connectivity index (χ0n) is 32.6. The molecule has 0 atom stereocenters.